The number of aryl methyl sites for hydroxylation is 1. The summed E-state index contributed by atoms with van der Waals surface area (Å²) in [5.41, 5.74) is 1.87. The van der Waals surface area contributed by atoms with Crippen molar-refractivity contribution in [2.45, 2.75) is 26.8 Å². The highest BCUT2D eigenvalue weighted by atomic mass is 35.5. The summed E-state index contributed by atoms with van der Waals surface area (Å²) in [4.78, 5) is 11.7. The van der Waals surface area contributed by atoms with Crippen molar-refractivity contribution >= 4 is 23.6 Å². The molecule has 0 saturated heterocycles. The van der Waals surface area contributed by atoms with E-state index in [-0.39, 0.29) is 24.5 Å². The van der Waals surface area contributed by atoms with E-state index in [4.69, 9.17) is 16.7 Å². The van der Waals surface area contributed by atoms with Crippen LogP contribution in [0.1, 0.15) is 25.0 Å². The average Bonchev–Trinajstić information content (AvgIpc) is 2.37. The second-order valence-corrected chi connectivity index (χ2v) is 5.29. The molecule has 0 radical (unpaired) electrons. The minimum atomic E-state index is -0.223. The predicted octanol–water partition coefficient (Wildman–Crippen LogP) is 2.79. The fourth-order valence-corrected chi connectivity index (χ4v) is 1.73. The van der Waals surface area contributed by atoms with Gasteiger partial charge in [0.15, 0.2) is 0 Å². The molecule has 104 valence electrons. The number of nitrogens with one attached hydrogen (secondary N) is 1. The van der Waals surface area contributed by atoms with Crippen molar-refractivity contribution in [3.8, 4) is 0 Å². The third-order valence-electron chi connectivity index (χ3n) is 2.95. The Bertz CT molecular complexity index is 469. The number of benzene rings is 1. The molecule has 1 atom stereocenters. The van der Waals surface area contributed by atoms with Crippen molar-refractivity contribution in [1.82, 2.24) is 5.32 Å². The van der Waals surface area contributed by atoms with E-state index < -0.39 is 0 Å². The lowest BCUT2D eigenvalue weighted by Gasteiger charge is -2.18. The molecular weight excluding hydrogens is 262 g/mol. The lowest BCUT2D eigenvalue weighted by molar-refractivity contribution is -0.117. The lowest BCUT2D eigenvalue weighted by Crippen LogP contribution is -2.40. The first kappa shape index (κ1) is 15.7. The Morgan fingerprint density at radius 1 is 1.47 bits per heavy atom. The Morgan fingerprint density at radius 2 is 2.16 bits per heavy atom. The molecule has 0 unspecified atom stereocenters. The maximum atomic E-state index is 11.7. The van der Waals surface area contributed by atoms with Crippen molar-refractivity contribution in [2.75, 3.05) is 6.61 Å². The van der Waals surface area contributed by atoms with Crippen LogP contribution in [0.4, 0.5) is 0 Å². The van der Waals surface area contributed by atoms with E-state index in [1.165, 1.54) is 6.08 Å². The summed E-state index contributed by atoms with van der Waals surface area (Å²) in [7, 11) is 0. The van der Waals surface area contributed by atoms with Gasteiger partial charge in [-0.3, -0.25) is 4.79 Å². The van der Waals surface area contributed by atoms with E-state index in [1.54, 1.807) is 6.08 Å². The molecule has 0 fully saturated rings. The van der Waals surface area contributed by atoms with Crippen molar-refractivity contribution < 1.29 is 9.90 Å². The maximum Gasteiger partial charge on any atom is 0.244 e. The largest absolute Gasteiger partial charge is 0.394 e. The van der Waals surface area contributed by atoms with Gasteiger partial charge in [0.2, 0.25) is 5.91 Å². The molecule has 1 rings (SSSR count). The summed E-state index contributed by atoms with van der Waals surface area (Å²) in [5, 5.41) is 12.6. The SMILES string of the molecule is Cc1ccc(C=CC(=O)N[C@H](CO)C(C)C)cc1Cl. The third kappa shape index (κ3) is 5.05. The minimum absolute atomic E-state index is 0.0619. The van der Waals surface area contributed by atoms with E-state index in [1.807, 2.05) is 39.0 Å². The summed E-state index contributed by atoms with van der Waals surface area (Å²) >= 11 is 6.01. The fraction of sp³-hybridized carbons (Fsp3) is 0.400. The molecule has 4 heteroatoms. The molecule has 0 spiro atoms. The molecule has 0 aromatic heterocycles. The average molecular weight is 282 g/mol. The minimum Gasteiger partial charge on any atom is -0.394 e. The number of amides is 1. The molecule has 0 aliphatic carbocycles. The summed E-state index contributed by atoms with van der Waals surface area (Å²) in [6, 6.07) is 5.40. The summed E-state index contributed by atoms with van der Waals surface area (Å²) in [6.45, 7) is 5.76. The first-order valence-electron chi connectivity index (χ1n) is 6.29. The monoisotopic (exact) mass is 281 g/mol. The summed E-state index contributed by atoms with van der Waals surface area (Å²) in [5.74, 6) is -0.0272. The standard InChI is InChI=1S/C15H20ClNO2/c1-10(2)14(9-18)17-15(19)7-6-12-5-4-11(3)13(16)8-12/h4-8,10,14,18H,9H2,1-3H3,(H,17,19)/t14-/m1/s1. The van der Waals surface area contributed by atoms with E-state index in [0.29, 0.717) is 5.02 Å². The fourth-order valence-electron chi connectivity index (χ4n) is 1.54. The van der Waals surface area contributed by atoms with Gasteiger partial charge >= 0.3 is 0 Å². The van der Waals surface area contributed by atoms with Gasteiger partial charge in [0, 0.05) is 11.1 Å². The van der Waals surface area contributed by atoms with Crippen molar-refractivity contribution in [3.05, 3.63) is 40.4 Å². The van der Waals surface area contributed by atoms with Gasteiger partial charge in [-0.15, -0.1) is 0 Å². The number of hydrogen-bond donors (Lipinski definition) is 2. The van der Waals surface area contributed by atoms with Crippen LogP contribution in [0.15, 0.2) is 24.3 Å². The molecule has 3 nitrogen and oxygen atoms in total. The number of aliphatic hydroxyl groups is 1. The molecule has 0 aliphatic rings. The number of carbonyl (C=O) groups is 1. The summed E-state index contributed by atoms with van der Waals surface area (Å²) in [6.07, 6.45) is 3.15. The van der Waals surface area contributed by atoms with Crippen molar-refractivity contribution in [2.24, 2.45) is 5.92 Å². The Hall–Kier alpha value is -1.32. The van der Waals surface area contributed by atoms with Crippen molar-refractivity contribution in [1.29, 1.82) is 0 Å². The van der Waals surface area contributed by atoms with Gasteiger partial charge in [0.1, 0.15) is 0 Å². The highest BCUT2D eigenvalue weighted by molar-refractivity contribution is 6.31. The Morgan fingerprint density at radius 3 is 2.68 bits per heavy atom. The molecule has 2 N–H and O–H groups in total. The van der Waals surface area contributed by atoms with Crippen LogP contribution in [0.3, 0.4) is 0 Å². The Kier molecular flexibility index (Phi) is 6.06. The number of carbonyl (C=O) groups excluding carboxylic acids is 1. The molecular formula is C15H20ClNO2. The number of hydrogen-bond acceptors (Lipinski definition) is 2. The summed E-state index contributed by atoms with van der Waals surface area (Å²) < 4.78 is 0. The van der Waals surface area contributed by atoms with E-state index in [2.05, 4.69) is 5.32 Å². The number of aliphatic hydroxyl groups excluding tert-OH is 1. The normalized spacial score (nSPS) is 12.9. The number of rotatable bonds is 5. The van der Waals surface area contributed by atoms with Crippen LogP contribution in [0.2, 0.25) is 5.02 Å². The van der Waals surface area contributed by atoms with E-state index in [9.17, 15) is 4.79 Å². The second-order valence-electron chi connectivity index (χ2n) is 4.88. The third-order valence-corrected chi connectivity index (χ3v) is 3.36. The molecule has 0 heterocycles. The predicted molar refractivity (Wildman–Crippen MR) is 79.1 cm³/mol. The molecule has 0 aliphatic heterocycles. The Labute approximate surface area is 119 Å². The van der Waals surface area contributed by atoms with Gasteiger partial charge in [-0.2, -0.15) is 0 Å². The van der Waals surface area contributed by atoms with Gasteiger partial charge in [-0.25, -0.2) is 0 Å². The van der Waals surface area contributed by atoms with Crippen LogP contribution in [0, 0.1) is 12.8 Å². The van der Waals surface area contributed by atoms with E-state index in [0.717, 1.165) is 11.1 Å². The van der Waals surface area contributed by atoms with Crippen molar-refractivity contribution in [3.63, 3.8) is 0 Å². The van der Waals surface area contributed by atoms with Crippen LogP contribution in [0.25, 0.3) is 6.08 Å². The van der Waals surface area contributed by atoms with Gasteiger partial charge in [0.25, 0.3) is 0 Å². The van der Waals surface area contributed by atoms with Gasteiger partial charge in [-0.1, -0.05) is 37.6 Å². The van der Waals surface area contributed by atoms with Crippen LogP contribution in [-0.4, -0.2) is 23.7 Å². The van der Waals surface area contributed by atoms with Gasteiger partial charge in [-0.05, 0) is 36.1 Å². The zero-order chi connectivity index (χ0) is 14.4. The first-order chi connectivity index (χ1) is 8.93. The highest BCUT2D eigenvalue weighted by Gasteiger charge is 2.13. The Balaban J connectivity index is 2.65. The van der Waals surface area contributed by atoms with Crippen LogP contribution in [-0.2, 0) is 4.79 Å². The van der Waals surface area contributed by atoms with Crippen LogP contribution < -0.4 is 5.32 Å². The molecule has 1 aromatic rings. The molecule has 1 aromatic carbocycles. The first-order valence-corrected chi connectivity index (χ1v) is 6.67. The zero-order valence-electron chi connectivity index (χ0n) is 11.5. The lowest BCUT2D eigenvalue weighted by atomic mass is 10.1. The smallest absolute Gasteiger partial charge is 0.244 e. The molecule has 19 heavy (non-hydrogen) atoms. The number of halogens is 1. The highest BCUT2D eigenvalue weighted by Crippen LogP contribution is 2.17. The maximum absolute atomic E-state index is 11.7. The second kappa shape index (κ2) is 7.31. The molecule has 0 saturated carbocycles. The van der Waals surface area contributed by atoms with Gasteiger partial charge in [0.05, 0.1) is 12.6 Å². The zero-order valence-corrected chi connectivity index (χ0v) is 12.2. The molecule has 1 amide bonds. The van der Waals surface area contributed by atoms with Crippen LogP contribution in [0.5, 0.6) is 0 Å². The quantitative estimate of drug-likeness (QED) is 0.816. The topological polar surface area (TPSA) is 49.3 Å². The van der Waals surface area contributed by atoms with E-state index >= 15 is 0 Å². The molecule has 0 bridgehead atoms. The van der Waals surface area contributed by atoms with Crippen LogP contribution >= 0.6 is 11.6 Å². The van der Waals surface area contributed by atoms with Gasteiger partial charge < -0.3 is 10.4 Å².